The van der Waals surface area contributed by atoms with Crippen molar-refractivity contribution in [2.75, 3.05) is 5.43 Å². The summed E-state index contributed by atoms with van der Waals surface area (Å²) in [5.74, 6) is 5.24. The molecule has 6 heteroatoms. The van der Waals surface area contributed by atoms with Gasteiger partial charge >= 0.3 is 0 Å². The Morgan fingerprint density at radius 2 is 2.11 bits per heavy atom. The number of ether oxygens (including phenoxy) is 1. The average molecular weight is 265 g/mol. The maximum atomic E-state index is 10.9. The van der Waals surface area contributed by atoms with Crippen molar-refractivity contribution >= 4 is 11.4 Å². The number of hydrogen-bond acceptors (Lipinski definition) is 5. The Bertz CT molecular complexity index is 445. The first-order valence-corrected chi connectivity index (χ1v) is 6.56. The van der Waals surface area contributed by atoms with E-state index in [0.29, 0.717) is 18.4 Å². The summed E-state index contributed by atoms with van der Waals surface area (Å²) in [7, 11) is 0. The number of hydrogen-bond donors (Lipinski definition) is 2. The standard InChI is InChI=1S/C13H19N3O3/c14-15-12-7-6-10(8-13(12)16(17)18)9-19-11-4-2-1-3-5-11/h6-8,11,15H,1-5,9,14H2. The second-order valence-electron chi connectivity index (χ2n) is 4.82. The fourth-order valence-corrected chi connectivity index (χ4v) is 2.39. The maximum Gasteiger partial charge on any atom is 0.294 e. The van der Waals surface area contributed by atoms with Crippen LogP contribution in [-0.2, 0) is 11.3 Å². The molecule has 1 saturated carbocycles. The quantitative estimate of drug-likeness (QED) is 0.485. The van der Waals surface area contributed by atoms with Crippen molar-refractivity contribution in [1.29, 1.82) is 0 Å². The Labute approximate surface area is 112 Å². The molecule has 0 radical (unpaired) electrons. The first kappa shape index (κ1) is 13.8. The van der Waals surface area contributed by atoms with Gasteiger partial charge in [0.2, 0.25) is 0 Å². The molecule has 0 atom stereocenters. The number of anilines is 1. The number of hydrazine groups is 1. The maximum absolute atomic E-state index is 10.9. The van der Waals surface area contributed by atoms with E-state index in [1.807, 2.05) is 0 Å². The molecule has 0 unspecified atom stereocenters. The normalized spacial score (nSPS) is 16.3. The van der Waals surface area contributed by atoms with Crippen LogP contribution in [0.1, 0.15) is 37.7 Å². The summed E-state index contributed by atoms with van der Waals surface area (Å²) in [5, 5.41) is 10.9. The van der Waals surface area contributed by atoms with Crippen LogP contribution in [-0.4, -0.2) is 11.0 Å². The van der Waals surface area contributed by atoms with Crippen molar-refractivity contribution in [3.63, 3.8) is 0 Å². The van der Waals surface area contributed by atoms with Gasteiger partial charge in [0, 0.05) is 6.07 Å². The monoisotopic (exact) mass is 265 g/mol. The van der Waals surface area contributed by atoms with Crippen molar-refractivity contribution < 1.29 is 9.66 Å². The number of nitrogen functional groups attached to an aromatic ring is 1. The Morgan fingerprint density at radius 3 is 2.74 bits per heavy atom. The molecule has 0 saturated heterocycles. The number of rotatable bonds is 5. The SMILES string of the molecule is NNc1ccc(COC2CCCCC2)cc1[N+](=O)[O-]. The number of nitrogens with one attached hydrogen (secondary N) is 1. The lowest BCUT2D eigenvalue weighted by atomic mass is 9.98. The summed E-state index contributed by atoms with van der Waals surface area (Å²) in [5.41, 5.74) is 3.42. The highest BCUT2D eigenvalue weighted by molar-refractivity contribution is 5.61. The summed E-state index contributed by atoms with van der Waals surface area (Å²) >= 11 is 0. The third-order valence-corrected chi connectivity index (χ3v) is 3.45. The van der Waals surface area contributed by atoms with E-state index in [1.165, 1.54) is 25.3 Å². The fraction of sp³-hybridized carbons (Fsp3) is 0.538. The number of nitrogens with zero attached hydrogens (tertiary/aromatic N) is 1. The van der Waals surface area contributed by atoms with Crippen molar-refractivity contribution in [2.24, 2.45) is 5.84 Å². The van der Waals surface area contributed by atoms with Crippen LogP contribution in [0, 0.1) is 10.1 Å². The van der Waals surface area contributed by atoms with Crippen LogP contribution < -0.4 is 11.3 Å². The summed E-state index contributed by atoms with van der Waals surface area (Å²) in [4.78, 5) is 10.5. The second-order valence-corrected chi connectivity index (χ2v) is 4.82. The molecule has 0 heterocycles. The molecule has 1 aliphatic rings. The molecule has 1 aliphatic carbocycles. The van der Waals surface area contributed by atoms with Gasteiger partial charge in [0.05, 0.1) is 17.6 Å². The molecular formula is C13H19N3O3. The molecule has 2 rings (SSSR count). The van der Waals surface area contributed by atoms with Crippen LogP contribution >= 0.6 is 0 Å². The van der Waals surface area contributed by atoms with Gasteiger partial charge in [0.25, 0.3) is 5.69 Å². The third kappa shape index (κ3) is 3.65. The molecule has 1 fully saturated rings. The zero-order valence-electron chi connectivity index (χ0n) is 10.8. The predicted octanol–water partition coefficient (Wildman–Crippen LogP) is 2.73. The smallest absolute Gasteiger partial charge is 0.294 e. The van der Waals surface area contributed by atoms with Crippen LogP contribution in [0.3, 0.4) is 0 Å². The summed E-state index contributed by atoms with van der Waals surface area (Å²) in [6, 6.07) is 4.92. The van der Waals surface area contributed by atoms with Crippen LogP contribution in [0.5, 0.6) is 0 Å². The van der Waals surface area contributed by atoms with Crippen molar-refractivity contribution in [3.8, 4) is 0 Å². The van der Waals surface area contributed by atoms with Gasteiger partial charge in [-0.3, -0.25) is 16.0 Å². The molecule has 1 aromatic carbocycles. The highest BCUT2D eigenvalue weighted by atomic mass is 16.6. The summed E-state index contributed by atoms with van der Waals surface area (Å²) < 4.78 is 5.80. The Hall–Kier alpha value is -1.66. The largest absolute Gasteiger partial charge is 0.374 e. The molecule has 6 nitrogen and oxygen atoms in total. The molecule has 0 spiro atoms. The molecule has 104 valence electrons. The molecule has 19 heavy (non-hydrogen) atoms. The summed E-state index contributed by atoms with van der Waals surface area (Å²) in [6.07, 6.45) is 6.17. The van der Waals surface area contributed by atoms with Gasteiger partial charge in [-0.2, -0.15) is 0 Å². The van der Waals surface area contributed by atoms with Gasteiger partial charge in [0.1, 0.15) is 5.69 Å². The van der Waals surface area contributed by atoms with Crippen LogP contribution in [0.2, 0.25) is 0 Å². The van der Waals surface area contributed by atoms with Gasteiger partial charge in [-0.25, -0.2) is 0 Å². The van der Waals surface area contributed by atoms with Gasteiger partial charge in [-0.15, -0.1) is 0 Å². The molecule has 0 bridgehead atoms. The Morgan fingerprint density at radius 1 is 1.37 bits per heavy atom. The number of nitrogens with two attached hydrogens (primary N) is 1. The molecular weight excluding hydrogens is 246 g/mol. The van der Waals surface area contributed by atoms with Crippen molar-refractivity contribution in [3.05, 3.63) is 33.9 Å². The molecule has 1 aromatic rings. The lowest BCUT2D eigenvalue weighted by molar-refractivity contribution is -0.384. The van der Waals surface area contributed by atoms with E-state index in [2.05, 4.69) is 5.43 Å². The minimum atomic E-state index is -0.445. The molecule has 3 N–H and O–H groups in total. The van der Waals surface area contributed by atoms with Crippen molar-refractivity contribution in [1.82, 2.24) is 0 Å². The zero-order chi connectivity index (χ0) is 13.7. The van der Waals surface area contributed by atoms with Crippen molar-refractivity contribution in [2.45, 2.75) is 44.8 Å². The van der Waals surface area contributed by atoms with E-state index < -0.39 is 4.92 Å². The highest BCUT2D eigenvalue weighted by Gasteiger charge is 2.16. The first-order valence-electron chi connectivity index (χ1n) is 6.56. The zero-order valence-corrected chi connectivity index (χ0v) is 10.8. The van der Waals surface area contributed by atoms with Crippen LogP contribution in [0.25, 0.3) is 0 Å². The van der Waals surface area contributed by atoms with E-state index in [-0.39, 0.29) is 5.69 Å². The number of nitro groups is 1. The minimum absolute atomic E-state index is 0.0211. The molecule has 0 amide bonds. The van der Waals surface area contributed by atoms with Gasteiger partial charge in [0.15, 0.2) is 0 Å². The van der Waals surface area contributed by atoms with Crippen LogP contribution in [0.4, 0.5) is 11.4 Å². The number of nitro benzene ring substituents is 1. The fourth-order valence-electron chi connectivity index (χ4n) is 2.39. The lowest BCUT2D eigenvalue weighted by Crippen LogP contribution is -2.16. The number of benzene rings is 1. The molecule has 0 aromatic heterocycles. The van der Waals surface area contributed by atoms with E-state index in [0.717, 1.165) is 18.4 Å². The van der Waals surface area contributed by atoms with Gasteiger partial charge < -0.3 is 10.2 Å². The second kappa shape index (κ2) is 6.49. The summed E-state index contributed by atoms with van der Waals surface area (Å²) in [6.45, 7) is 0.413. The van der Waals surface area contributed by atoms with E-state index in [4.69, 9.17) is 10.6 Å². The minimum Gasteiger partial charge on any atom is -0.374 e. The lowest BCUT2D eigenvalue weighted by Gasteiger charge is -2.22. The third-order valence-electron chi connectivity index (χ3n) is 3.45. The first-order chi connectivity index (χ1) is 9.20. The van der Waals surface area contributed by atoms with Gasteiger partial charge in [-0.1, -0.05) is 25.3 Å². The molecule has 0 aliphatic heterocycles. The Balaban J connectivity index is 2.00. The van der Waals surface area contributed by atoms with E-state index in [1.54, 1.807) is 12.1 Å². The van der Waals surface area contributed by atoms with E-state index in [9.17, 15) is 10.1 Å². The van der Waals surface area contributed by atoms with E-state index >= 15 is 0 Å². The Kier molecular flexibility index (Phi) is 4.70. The highest BCUT2D eigenvalue weighted by Crippen LogP contribution is 2.26. The van der Waals surface area contributed by atoms with Gasteiger partial charge in [-0.05, 0) is 24.5 Å². The topological polar surface area (TPSA) is 90.4 Å². The van der Waals surface area contributed by atoms with Crippen LogP contribution in [0.15, 0.2) is 18.2 Å². The predicted molar refractivity (Wildman–Crippen MR) is 72.6 cm³/mol. The average Bonchev–Trinajstić information content (AvgIpc) is 2.46.